The smallest absolute Gasteiger partial charge is 0.217 e. The molecule has 1 saturated heterocycles. The molecule has 2 aromatic rings. The zero-order chi connectivity index (χ0) is 18.8. The van der Waals surface area contributed by atoms with E-state index in [1.54, 1.807) is 19.2 Å². The number of aromatic nitrogens is 1. The van der Waals surface area contributed by atoms with Crippen LogP contribution in [0.5, 0.6) is 11.6 Å². The molecule has 5 heteroatoms. The van der Waals surface area contributed by atoms with Crippen molar-refractivity contribution < 1.29 is 14.6 Å². The molecule has 27 heavy (non-hydrogen) atoms. The Hall–Kier alpha value is -2.04. The lowest BCUT2D eigenvalue weighted by atomic mass is 9.92. The van der Waals surface area contributed by atoms with Crippen molar-refractivity contribution in [3.05, 3.63) is 58.3 Å². The van der Waals surface area contributed by atoms with E-state index in [9.17, 15) is 5.11 Å². The molecule has 4 rings (SSSR count). The Labute approximate surface area is 164 Å². The number of ether oxygens (including phenoxy) is 2. The second-order valence-electron chi connectivity index (χ2n) is 7.27. The summed E-state index contributed by atoms with van der Waals surface area (Å²) in [5.74, 6) is 1.79. The number of allylic oxidation sites excluding steroid dienone is 1. The highest BCUT2D eigenvalue weighted by atomic mass is 35.5. The standard InChI is InChI=1S/C22H24ClNO3/c1-26-22-17(15-2-3-15)5-6-20(24-22)18(12-14-8-10-27-11-9-14)16-4-7-21(25)19(23)13-16/h4-7,12-15,25H,2-3,8-11H2,1H3/b18-12+. The molecule has 1 aromatic heterocycles. The van der Waals surface area contributed by atoms with Gasteiger partial charge in [-0.1, -0.05) is 29.8 Å². The first-order chi connectivity index (χ1) is 13.2. The van der Waals surface area contributed by atoms with Crippen LogP contribution in [0, 0.1) is 5.92 Å². The maximum Gasteiger partial charge on any atom is 0.217 e. The first-order valence-electron chi connectivity index (χ1n) is 9.49. The van der Waals surface area contributed by atoms with Gasteiger partial charge in [-0.25, -0.2) is 4.98 Å². The second-order valence-corrected chi connectivity index (χ2v) is 7.67. The summed E-state index contributed by atoms with van der Waals surface area (Å²) in [6, 6.07) is 9.52. The summed E-state index contributed by atoms with van der Waals surface area (Å²) >= 11 is 6.18. The van der Waals surface area contributed by atoms with E-state index in [-0.39, 0.29) is 5.75 Å². The van der Waals surface area contributed by atoms with Crippen molar-refractivity contribution in [3.8, 4) is 11.6 Å². The monoisotopic (exact) mass is 385 g/mol. The fraction of sp³-hybridized carbons (Fsp3) is 0.409. The summed E-state index contributed by atoms with van der Waals surface area (Å²) in [6.07, 6.45) is 6.66. The molecule has 0 atom stereocenters. The fourth-order valence-electron chi connectivity index (χ4n) is 3.59. The first-order valence-corrected chi connectivity index (χ1v) is 9.87. The summed E-state index contributed by atoms with van der Waals surface area (Å²) < 4.78 is 11.1. The largest absolute Gasteiger partial charge is 0.506 e. The topological polar surface area (TPSA) is 51.6 Å². The molecule has 0 unspecified atom stereocenters. The van der Waals surface area contributed by atoms with Crippen LogP contribution in [0.1, 0.15) is 48.4 Å². The molecule has 1 aliphatic heterocycles. The average Bonchev–Trinajstić information content (AvgIpc) is 3.54. The van der Waals surface area contributed by atoms with E-state index in [0.29, 0.717) is 22.7 Å². The maximum absolute atomic E-state index is 9.80. The third kappa shape index (κ3) is 4.12. The van der Waals surface area contributed by atoms with Gasteiger partial charge in [-0.2, -0.15) is 0 Å². The number of nitrogens with zero attached hydrogens (tertiary/aromatic N) is 1. The van der Waals surface area contributed by atoms with Crippen LogP contribution >= 0.6 is 11.6 Å². The summed E-state index contributed by atoms with van der Waals surface area (Å²) in [5.41, 5.74) is 4.02. The van der Waals surface area contributed by atoms with Gasteiger partial charge >= 0.3 is 0 Å². The molecule has 1 N–H and O–H groups in total. The zero-order valence-electron chi connectivity index (χ0n) is 15.5. The quantitative estimate of drug-likeness (QED) is 0.769. The predicted molar refractivity (Wildman–Crippen MR) is 107 cm³/mol. The molecule has 142 valence electrons. The van der Waals surface area contributed by atoms with E-state index in [1.807, 2.05) is 6.07 Å². The van der Waals surface area contributed by atoms with Crippen molar-refractivity contribution in [2.45, 2.75) is 31.6 Å². The summed E-state index contributed by atoms with van der Waals surface area (Å²) in [7, 11) is 1.68. The number of methoxy groups -OCH3 is 1. The zero-order valence-corrected chi connectivity index (χ0v) is 16.2. The normalized spacial score (nSPS) is 18.5. The molecule has 4 nitrogen and oxygen atoms in total. The van der Waals surface area contributed by atoms with Gasteiger partial charge in [-0.15, -0.1) is 0 Å². The van der Waals surface area contributed by atoms with Crippen molar-refractivity contribution in [2.24, 2.45) is 5.92 Å². The first kappa shape index (κ1) is 18.3. The van der Waals surface area contributed by atoms with E-state index < -0.39 is 0 Å². The Morgan fingerprint density at radius 3 is 2.63 bits per heavy atom. The van der Waals surface area contributed by atoms with Crippen LogP contribution in [0.2, 0.25) is 5.02 Å². The predicted octanol–water partition coefficient (Wildman–Crippen LogP) is 5.18. The molecule has 1 aliphatic carbocycles. The van der Waals surface area contributed by atoms with Crippen LogP contribution in [-0.2, 0) is 4.74 Å². The highest BCUT2D eigenvalue weighted by Crippen LogP contribution is 2.44. The maximum atomic E-state index is 9.80. The lowest BCUT2D eigenvalue weighted by Gasteiger charge is -2.21. The van der Waals surface area contributed by atoms with E-state index in [4.69, 9.17) is 26.1 Å². The fourth-order valence-corrected chi connectivity index (χ4v) is 3.77. The minimum Gasteiger partial charge on any atom is -0.506 e. The van der Waals surface area contributed by atoms with Gasteiger partial charge in [0.25, 0.3) is 0 Å². The van der Waals surface area contributed by atoms with Crippen molar-refractivity contribution in [1.29, 1.82) is 0 Å². The minimum atomic E-state index is 0.0838. The minimum absolute atomic E-state index is 0.0838. The average molecular weight is 386 g/mol. The number of benzene rings is 1. The number of hydrogen-bond acceptors (Lipinski definition) is 4. The molecule has 0 bridgehead atoms. The lowest BCUT2D eigenvalue weighted by molar-refractivity contribution is 0.0786. The molecule has 2 aliphatic rings. The van der Waals surface area contributed by atoms with E-state index in [1.165, 1.54) is 18.4 Å². The van der Waals surface area contributed by atoms with Crippen LogP contribution in [-0.4, -0.2) is 30.4 Å². The molecule has 1 saturated carbocycles. The number of pyridine rings is 1. The molecular weight excluding hydrogens is 362 g/mol. The highest BCUT2D eigenvalue weighted by molar-refractivity contribution is 6.32. The second kappa shape index (κ2) is 7.91. The van der Waals surface area contributed by atoms with Gasteiger partial charge in [0.2, 0.25) is 5.88 Å². The number of aromatic hydroxyl groups is 1. The van der Waals surface area contributed by atoms with E-state index >= 15 is 0 Å². The van der Waals surface area contributed by atoms with E-state index in [0.717, 1.165) is 42.9 Å². The molecule has 0 spiro atoms. The lowest BCUT2D eigenvalue weighted by Crippen LogP contribution is -2.14. The van der Waals surface area contributed by atoms with Crippen molar-refractivity contribution in [3.63, 3.8) is 0 Å². The van der Waals surface area contributed by atoms with Gasteiger partial charge in [0.1, 0.15) is 5.75 Å². The van der Waals surface area contributed by atoms with Crippen molar-refractivity contribution in [2.75, 3.05) is 20.3 Å². The van der Waals surface area contributed by atoms with Crippen LogP contribution in [0.4, 0.5) is 0 Å². The van der Waals surface area contributed by atoms with Gasteiger partial charge in [-0.3, -0.25) is 0 Å². The Bertz CT molecular complexity index is 855. The number of rotatable bonds is 5. The van der Waals surface area contributed by atoms with Gasteiger partial charge in [0.05, 0.1) is 17.8 Å². The number of halogens is 1. The number of phenolic OH excluding ortho intramolecular Hbond substituents is 1. The molecule has 2 heterocycles. The number of hydrogen-bond donors (Lipinski definition) is 1. The van der Waals surface area contributed by atoms with Gasteiger partial charge in [0.15, 0.2) is 0 Å². The van der Waals surface area contributed by atoms with Gasteiger partial charge in [-0.05, 0) is 61.3 Å². The Balaban J connectivity index is 1.77. The Kier molecular flexibility index (Phi) is 5.37. The summed E-state index contributed by atoms with van der Waals surface area (Å²) in [4.78, 5) is 4.82. The Morgan fingerprint density at radius 1 is 1.19 bits per heavy atom. The van der Waals surface area contributed by atoms with Crippen LogP contribution in [0.3, 0.4) is 0 Å². The highest BCUT2D eigenvalue weighted by Gasteiger charge is 2.28. The number of phenols is 1. The summed E-state index contributed by atoms with van der Waals surface area (Å²) in [6.45, 7) is 1.56. The van der Waals surface area contributed by atoms with Gasteiger partial charge in [0, 0.05) is 24.4 Å². The molecule has 1 aromatic carbocycles. The van der Waals surface area contributed by atoms with Crippen molar-refractivity contribution >= 4 is 17.2 Å². The van der Waals surface area contributed by atoms with Crippen molar-refractivity contribution in [1.82, 2.24) is 4.98 Å². The van der Waals surface area contributed by atoms with Crippen LogP contribution in [0.25, 0.3) is 5.57 Å². The molecule has 0 radical (unpaired) electrons. The third-order valence-electron chi connectivity index (χ3n) is 5.30. The third-order valence-corrected chi connectivity index (χ3v) is 5.61. The van der Waals surface area contributed by atoms with Crippen LogP contribution < -0.4 is 4.74 Å². The molecule has 0 amide bonds. The summed E-state index contributed by atoms with van der Waals surface area (Å²) in [5, 5.41) is 10.1. The molecule has 2 fully saturated rings. The Morgan fingerprint density at radius 2 is 1.96 bits per heavy atom. The van der Waals surface area contributed by atoms with Crippen LogP contribution in [0.15, 0.2) is 36.4 Å². The van der Waals surface area contributed by atoms with Gasteiger partial charge < -0.3 is 14.6 Å². The SMILES string of the molecule is COc1nc(/C(=C/C2CCOCC2)c2ccc(O)c(Cl)c2)ccc1C1CC1. The van der Waals surface area contributed by atoms with E-state index in [2.05, 4.69) is 18.2 Å². The molecular formula is C22H24ClNO3.